The van der Waals surface area contributed by atoms with Crippen molar-refractivity contribution < 1.29 is 26.7 Å². The van der Waals surface area contributed by atoms with Crippen molar-refractivity contribution in [2.75, 3.05) is 0 Å². The van der Waals surface area contributed by atoms with E-state index in [1.807, 2.05) is 20.8 Å². The highest BCUT2D eigenvalue weighted by Crippen LogP contribution is 2.23. The minimum absolute atomic E-state index is 0.114. The Morgan fingerprint density at radius 2 is 1.89 bits per heavy atom. The summed E-state index contributed by atoms with van der Waals surface area (Å²) in [5, 5.41) is 7.96. The molecule has 1 aromatic heterocycles. The van der Waals surface area contributed by atoms with Gasteiger partial charge in [0.25, 0.3) is 0 Å². The summed E-state index contributed by atoms with van der Waals surface area (Å²) in [5.74, 6) is 0.126. The SMILES string of the molecule is CCn1c(OC(C)C)nnc1[C@@H](C)NS(=O)(=O)c1cccc(OC(F)F)c1. The van der Waals surface area contributed by atoms with Gasteiger partial charge in [0.05, 0.1) is 17.0 Å². The Morgan fingerprint density at radius 1 is 1.19 bits per heavy atom. The van der Waals surface area contributed by atoms with Crippen LogP contribution in [0.25, 0.3) is 0 Å². The molecular weight excluding hydrogens is 382 g/mol. The number of sulfonamides is 1. The number of rotatable bonds is 9. The topological polar surface area (TPSA) is 95.3 Å². The van der Waals surface area contributed by atoms with Gasteiger partial charge in [-0.3, -0.25) is 4.57 Å². The second-order valence-corrected chi connectivity index (χ2v) is 7.66. The van der Waals surface area contributed by atoms with Crippen LogP contribution in [-0.4, -0.2) is 35.9 Å². The molecule has 0 saturated heterocycles. The largest absolute Gasteiger partial charge is 0.461 e. The second kappa shape index (κ2) is 8.61. The van der Waals surface area contributed by atoms with Gasteiger partial charge in [-0.15, -0.1) is 5.10 Å². The molecule has 0 unspecified atom stereocenters. The maximum atomic E-state index is 12.6. The van der Waals surface area contributed by atoms with E-state index in [2.05, 4.69) is 19.7 Å². The third kappa shape index (κ3) is 5.36. The molecule has 1 N–H and O–H groups in total. The lowest BCUT2D eigenvalue weighted by Gasteiger charge is -2.16. The van der Waals surface area contributed by atoms with Crippen LogP contribution < -0.4 is 14.2 Å². The number of nitrogens with one attached hydrogen (secondary N) is 1. The van der Waals surface area contributed by atoms with Crippen molar-refractivity contribution in [2.24, 2.45) is 0 Å². The predicted octanol–water partition coefficient (Wildman–Crippen LogP) is 2.73. The summed E-state index contributed by atoms with van der Waals surface area (Å²) in [7, 11) is -4.00. The Labute approximate surface area is 156 Å². The molecule has 2 rings (SSSR count). The Hall–Kier alpha value is -2.27. The predicted molar refractivity (Wildman–Crippen MR) is 93.3 cm³/mol. The van der Waals surface area contributed by atoms with Crippen LogP contribution in [0.15, 0.2) is 29.2 Å². The van der Waals surface area contributed by atoms with Gasteiger partial charge >= 0.3 is 12.6 Å². The third-order valence-corrected chi connectivity index (χ3v) is 5.00. The minimum atomic E-state index is -4.00. The molecule has 2 aromatic rings. The lowest BCUT2D eigenvalue weighted by Crippen LogP contribution is -2.29. The van der Waals surface area contributed by atoms with Gasteiger partial charge in [-0.2, -0.15) is 8.78 Å². The Kier molecular flexibility index (Phi) is 6.71. The molecule has 8 nitrogen and oxygen atoms in total. The van der Waals surface area contributed by atoms with Gasteiger partial charge in [0.1, 0.15) is 5.75 Å². The van der Waals surface area contributed by atoms with E-state index in [-0.39, 0.29) is 16.7 Å². The molecule has 1 atom stereocenters. The van der Waals surface area contributed by atoms with Gasteiger partial charge in [-0.1, -0.05) is 11.2 Å². The lowest BCUT2D eigenvalue weighted by atomic mass is 10.3. The maximum absolute atomic E-state index is 12.6. The van der Waals surface area contributed by atoms with Crippen molar-refractivity contribution in [3.63, 3.8) is 0 Å². The van der Waals surface area contributed by atoms with E-state index in [0.717, 1.165) is 6.07 Å². The fourth-order valence-corrected chi connectivity index (χ4v) is 3.62. The number of hydrogen-bond acceptors (Lipinski definition) is 6. The molecule has 0 aliphatic rings. The van der Waals surface area contributed by atoms with Gasteiger partial charge in [-0.05, 0) is 39.8 Å². The summed E-state index contributed by atoms with van der Waals surface area (Å²) in [6.07, 6.45) is -0.114. The number of nitrogens with zero attached hydrogens (tertiary/aromatic N) is 3. The number of benzene rings is 1. The molecule has 0 fully saturated rings. The monoisotopic (exact) mass is 404 g/mol. The molecule has 150 valence electrons. The fourth-order valence-electron chi connectivity index (χ4n) is 2.39. The van der Waals surface area contributed by atoms with Crippen LogP contribution in [0, 0.1) is 0 Å². The lowest BCUT2D eigenvalue weighted by molar-refractivity contribution is -0.0499. The van der Waals surface area contributed by atoms with Crippen molar-refractivity contribution in [1.29, 1.82) is 0 Å². The summed E-state index contributed by atoms with van der Waals surface area (Å²) in [4.78, 5) is -0.200. The van der Waals surface area contributed by atoms with Gasteiger partial charge < -0.3 is 9.47 Å². The highest BCUT2D eigenvalue weighted by atomic mass is 32.2. The number of halogens is 2. The van der Waals surface area contributed by atoms with Crippen LogP contribution in [-0.2, 0) is 16.6 Å². The summed E-state index contributed by atoms with van der Waals surface area (Å²) in [6.45, 7) is 4.58. The number of hydrogen-bond donors (Lipinski definition) is 1. The Bertz CT molecular complexity index is 871. The Morgan fingerprint density at radius 3 is 2.48 bits per heavy atom. The molecule has 0 saturated carbocycles. The number of alkyl halides is 2. The summed E-state index contributed by atoms with van der Waals surface area (Å²) in [5.41, 5.74) is 0. The van der Waals surface area contributed by atoms with E-state index in [1.54, 1.807) is 11.5 Å². The van der Waals surface area contributed by atoms with Gasteiger partial charge in [-0.25, -0.2) is 13.1 Å². The first-order valence-electron chi connectivity index (χ1n) is 8.31. The molecular formula is C16H22F2N4O4S. The van der Waals surface area contributed by atoms with Gasteiger partial charge in [0.2, 0.25) is 10.0 Å². The van der Waals surface area contributed by atoms with Crippen LogP contribution in [0.4, 0.5) is 8.78 Å². The fraction of sp³-hybridized carbons (Fsp3) is 0.500. The highest BCUT2D eigenvalue weighted by Gasteiger charge is 2.24. The van der Waals surface area contributed by atoms with Crippen LogP contribution >= 0.6 is 0 Å². The molecule has 27 heavy (non-hydrogen) atoms. The first kappa shape index (κ1) is 21.0. The van der Waals surface area contributed by atoms with Gasteiger partial charge in [0, 0.05) is 12.6 Å². The van der Waals surface area contributed by atoms with Gasteiger partial charge in [0.15, 0.2) is 5.82 Å². The standard InChI is InChI=1S/C16H22F2N4O4S/c1-5-22-14(19-20-16(22)25-10(2)3)11(4)21-27(23,24)13-8-6-7-12(9-13)26-15(17)18/h6-11,15,21H,5H2,1-4H3/t11-/m1/s1. The van der Waals surface area contributed by atoms with E-state index < -0.39 is 22.7 Å². The van der Waals surface area contributed by atoms with Crippen LogP contribution in [0.5, 0.6) is 11.8 Å². The van der Waals surface area contributed by atoms with E-state index in [1.165, 1.54) is 18.2 Å². The first-order chi connectivity index (χ1) is 12.6. The minimum Gasteiger partial charge on any atom is -0.461 e. The summed E-state index contributed by atoms with van der Waals surface area (Å²) < 4.78 is 63.8. The molecule has 1 aromatic carbocycles. The molecule has 0 amide bonds. The van der Waals surface area contributed by atoms with Crippen molar-refractivity contribution in [3.8, 4) is 11.8 Å². The first-order valence-corrected chi connectivity index (χ1v) is 9.79. The highest BCUT2D eigenvalue weighted by molar-refractivity contribution is 7.89. The smallest absolute Gasteiger partial charge is 0.387 e. The molecule has 1 heterocycles. The van der Waals surface area contributed by atoms with Crippen molar-refractivity contribution in [1.82, 2.24) is 19.5 Å². The maximum Gasteiger partial charge on any atom is 0.387 e. The number of ether oxygens (including phenoxy) is 2. The molecule has 0 radical (unpaired) electrons. The molecule has 0 aliphatic carbocycles. The molecule has 0 aliphatic heterocycles. The van der Waals surface area contributed by atoms with Crippen molar-refractivity contribution in [3.05, 3.63) is 30.1 Å². The molecule has 0 spiro atoms. The Balaban J connectivity index is 2.24. The van der Waals surface area contributed by atoms with Crippen LogP contribution in [0.2, 0.25) is 0 Å². The van der Waals surface area contributed by atoms with Crippen molar-refractivity contribution >= 4 is 10.0 Å². The quantitative estimate of drug-likeness (QED) is 0.691. The van der Waals surface area contributed by atoms with E-state index >= 15 is 0 Å². The molecule has 0 bridgehead atoms. The normalized spacial score (nSPS) is 13.2. The zero-order valence-corrected chi connectivity index (χ0v) is 16.2. The van der Waals surface area contributed by atoms with Crippen LogP contribution in [0.1, 0.15) is 39.6 Å². The third-order valence-electron chi connectivity index (χ3n) is 3.46. The average molecular weight is 404 g/mol. The summed E-state index contributed by atoms with van der Waals surface area (Å²) in [6, 6.07) is 4.44. The van der Waals surface area contributed by atoms with E-state index in [9.17, 15) is 17.2 Å². The zero-order chi connectivity index (χ0) is 20.2. The molecule has 11 heteroatoms. The van der Waals surface area contributed by atoms with E-state index in [0.29, 0.717) is 18.4 Å². The average Bonchev–Trinajstić information content (AvgIpc) is 2.96. The van der Waals surface area contributed by atoms with Crippen molar-refractivity contribution in [2.45, 2.75) is 57.9 Å². The van der Waals surface area contributed by atoms with Crippen LogP contribution in [0.3, 0.4) is 0 Å². The number of aromatic nitrogens is 3. The van der Waals surface area contributed by atoms with E-state index in [4.69, 9.17) is 4.74 Å². The zero-order valence-electron chi connectivity index (χ0n) is 15.4. The summed E-state index contributed by atoms with van der Waals surface area (Å²) >= 11 is 0. The second-order valence-electron chi connectivity index (χ2n) is 5.95.